The van der Waals surface area contributed by atoms with E-state index in [1.807, 2.05) is 42.5 Å². The summed E-state index contributed by atoms with van der Waals surface area (Å²) in [7, 11) is 0. The number of fused-ring (bicyclic) bond motifs is 1. The first kappa shape index (κ1) is 16.7. The first-order chi connectivity index (χ1) is 12.2. The first-order valence-corrected chi connectivity index (χ1v) is 8.21. The van der Waals surface area contributed by atoms with Crippen molar-refractivity contribution in [3.8, 4) is 5.75 Å². The Morgan fingerprint density at radius 3 is 2.40 bits per heavy atom. The molecule has 1 amide bonds. The van der Waals surface area contributed by atoms with Crippen molar-refractivity contribution in [2.24, 2.45) is 0 Å². The third kappa shape index (κ3) is 4.04. The molecule has 0 aromatic heterocycles. The van der Waals surface area contributed by atoms with Gasteiger partial charge in [-0.2, -0.15) is 0 Å². The Balaban J connectivity index is 1.67. The van der Waals surface area contributed by atoms with E-state index in [1.165, 1.54) is 0 Å². The second-order valence-corrected chi connectivity index (χ2v) is 5.67. The fourth-order valence-corrected chi connectivity index (χ4v) is 2.54. The Bertz CT molecular complexity index is 895. The van der Waals surface area contributed by atoms with Crippen LogP contribution in [0, 0.1) is 0 Å². The summed E-state index contributed by atoms with van der Waals surface area (Å²) in [6, 6.07) is 20.5. The lowest BCUT2D eigenvalue weighted by atomic mass is 10.1. The maximum absolute atomic E-state index is 12.3. The number of ketones is 1. The lowest BCUT2D eigenvalue weighted by Gasteiger charge is -2.09. The van der Waals surface area contributed by atoms with Gasteiger partial charge >= 0.3 is 0 Å². The summed E-state index contributed by atoms with van der Waals surface area (Å²) in [5.41, 5.74) is 1.23. The molecule has 0 bridgehead atoms. The van der Waals surface area contributed by atoms with Gasteiger partial charge in [0.25, 0.3) is 0 Å². The number of hydrogen-bond acceptors (Lipinski definition) is 3. The van der Waals surface area contributed by atoms with E-state index in [4.69, 9.17) is 4.74 Å². The van der Waals surface area contributed by atoms with E-state index in [1.54, 1.807) is 31.2 Å². The Kier molecular flexibility index (Phi) is 5.09. The van der Waals surface area contributed by atoms with E-state index in [0.717, 1.165) is 10.8 Å². The average Bonchev–Trinajstić information content (AvgIpc) is 2.66. The maximum Gasteiger partial charge on any atom is 0.224 e. The number of ether oxygens (including phenoxy) is 1. The molecule has 3 aromatic rings. The number of benzene rings is 3. The second-order valence-electron chi connectivity index (χ2n) is 5.67. The van der Waals surface area contributed by atoms with Crippen molar-refractivity contribution in [2.45, 2.75) is 13.3 Å². The van der Waals surface area contributed by atoms with E-state index in [9.17, 15) is 9.59 Å². The molecule has 0 saturated carbocycles. The van der Waals surface area contributed by atoms with Gasteiger partial charge in [-0.15, -0.1) is 0 Å². The van der Waals surface area contributed by atoms with Crippen molar-refractivity contribution < 1.29 is 14.3 Å². The second kappa shape index (κ2) is 7.62. The number of carbonyl (C=O) groups is 2. The molecule has 3 aromatic carbocycles. The van der Waals surface area contributed by atoms with E-state index in [0.29, 0.717) is 23.4 Å². The molecule has 0 aliphatic heterocycles. The lowest BCUT2D eigenvalue weighted by Crippen LogP contribution is -2.12. The number of hydrogen-bond donors (Lipinski definition) is 1. The molecule has 25 heavy (non-hydrogen) atoms. The van der Waals surface area contributed by atoms with E-state index in [2.05, 4.69) is 5.32 Å². The minimum Gasteiger partial charge on any atom is -0.485 e. The Hall–Kier alpha value is -3.14. The largest absolute Gasteiger partial charge is 0.485 e. The van der Waals surface area contributed by atoms with Crippen LogP contribution >= 0.6 is 0 Å². The number of anilines is 1. The molecule has 3 rings (SSSR count). The van der Waals surface area contributed by atoms with Gasteiger partial charge in [0, 0.05) is 23.1 Å². The summed E-state index contributed by atoms with van der Waals surface area (Å²) in [4.78, 5) is 23.7. The predicted molar refractivity (Wildman–Crippen MR) is 99.1 cm³/mol. The zero-order chi connectivity index (χ0) is 17.6. The molecular weight excluding hydrogens is 314 g/mol. The number of carbonyl (C=O) groups excluding carboxylic acids is 2. The standard InChI is InChI=1S/C21H19NO3/c1-2-21(24)22-17-12-10-16(11-13-17)19(23)14-25-20-9-5-7-15-6-3-4-8-18(15)20/h3-13H,2,14H2,1H3,(H,22,24). The topological polar surface area (TPSA) is 55.4 Å². The zero-order valence-electron chi connectivity index (χ0n) is 14.0. The quantitative estimate of drug-likeness (QED) is 0.678. The molecule has 1 N–H and O–H groups in total. The van der Waals surface area contributed by atoms with Gasteiger partial charge in [-0.25, -0.2) is 0 Å². The van der Waals surface area contributed by atoms with Crippen LogP contribution in [0.1, 0.15) is 23.7 Å². The van der Waals surface area contributed by atoms with Crippen LogP contribution in [0.3, 0.4) is 0 Å². The Morgan fingerprint density at radius 1 is 0.920 bits per heavy atom. The predicted octanol–water partition coefficient (Wildman–Crippen LogP) is 4.45. The number of Topliss-reactive ketones (excluding diaryl/α,β-unsaturated/α-hetero) is 1. The van der Waals surface area contributed by atoms with Crippen LogP contribution in [0.5, 0.6) is 5.75 Å². The molecule has 0 radical (unpaired) electrons. The van der Waals surface area contributed by atoms with Crippen molar-refractivity contribution in [1.29, 1.82) is 0 Å². The van der Waals surface area contributed by atoms with Crippen molar-refractivity contribution in [3.63, 3.8) is 0 Å². The average molecular weight is 333 g/mol. The van der Waals surface area contributed by atoms with Crippen molar-refractivity contribution in [2.75, 3.05) is 11.9 Å². The number of amides is 1. The van der Waals surface area contributed by atoms with Crippen molar-refractivity contribution in [1.82, 2.24) is 0 Å². The van der Waals surface area contributed by atoms with Crippen molar-refractivity contribution in [3.05, 3.63) is 72.3 Å². The van der Waals surface area contributed by atoms with Crippen molar-refractivity contribution >= 4 is 28.2 Å². The van der Waals surface area contributed by atoms with Gasteiger partial charge in [0.15, 0.2) is 12.4 Å². The Labute approximate surface area is 146 Å². The van der Waals surface area contributed by atoms with Crippen LogP contribution in [0.15, 0.2) is 66.7 Å². The van der Waals surface area contributed by atoms with Gasteiger partial charge in [0.05, 0.1) is 0 Å². The highest BCUT2D eigenvalue weighted by molar-refractivity contribution is 5.98. The molecule has 0 unspecified atom stereocenters. The van der Waals surface area contributed by atoms with Crippen LogP contribution < -0.4 is 10.1 Å². The number of nitrogens with one attached hydrogen (secondary N) is 1. The highest BCUT2D eigenvalue weighted by Crippen LogP contribution is 2.25. The molecule has 0 aliphatic carbocycles. The van der Waals surface area contributed by atoms with Gasteiger partial charge in [-0.3, -0.25) is 9.59 Å². The molecule has 0 fully saturated rings. The third-order valence-corrected chi connectivity index (χ3v) is 3.92. The summed E-state index contributed by atoms with van der Waals surface area (Å²) in [5.74, 6) is 0.526. The lowest BCUT2D eigenvalue weighted by molar-refractivity contribution is -0.115. The summed E-state index contributed by atoms with van der Waals surface area (Å²) in [6.45, 7) is 1.76. The normalized spacial score (nSPS) is 10.4. The summed E-state index contributed by atoms with van der Waals surface area (Å²) < 4.78 is 5.73. The summed E-state index contributed by atoms with van der Waals surface area (Å²) in [5, 5.41) is 4.81. The monoisotopic (exact) mass is 333 g/mol. The third-order valence-electron chi connectivity index (χ3n) is 3.92. The van der Waals surface area contributed by atoms with Crippen LogP contribution in [0.4, 0.5) is 5.69 Å². The van der Waals surface area contributed by atoms with E-state index in [-0.39, 0.29) is 18.3 Å². The fraction of sp³-hybridized carbons (Fsp3) is 0.143. The molecule has 4 nitrogen and oxygen atoms in total. The van der Waals surface area contributed by atoms with Crippen LogP contribution in [-0.4, -0.2) is 18.3 Å². The van der Waals surface area contributed by atoms with Crippen LogP contribution in [0.25, 0.3) is 10.8 Å². The molecule has 0 saturated heterocycles. The minimum absolute atomic E-state index is 0.0331. The SMILES string of the molecule is CCC(=O)Nc1ccc(C(=O)COc2cccc3ccccc23)cc1. The van der Waals surface area contributed by atoms with Gasteiger partial charge in [-0.05, 0) is 35.7 Å². The fourth-order valence-electron chi connectivity index (χ4n) is 2.54. The zero-order valence-corrected chi connectivity index (χ0v) is 14.0. The summed E-state index contributed by atoms with van der Waals surface area (Å²) >= 11 is 0. The smallest absolute Gasteiger partial charge is 0.224 e. The van der Waals surface area contributed by atoms with Crippen LogP contribution in [-0.2, 0) is 4.79 Å². The maximum atomic E-state index is 12.3. The molecule has 0 heterocycles. The van der Waals surface area contributed by atoms with Gasteiger partial charge in [-0.1, -0.05) is 43.3 Å². The van der Waals surface area contributed by atoms with Gasteiger partial charge < -0.3 is 10.1 Å². The molecule has 126 valence electrons. The van der Waals surface area contributed by atoms with Gasteiger partial charge in [0.1, 0.15) is 5.75 Å². The highest BCUT2D eigenvalue weighted by atomic mass is 16.5. The van der Waals surface area contributed by atoms with Gasteiger partial charge in [0.2, 0.25) is 5.91 Å². The number of rotatable bonds is 6. The molecule has 0 aliphatic rings. The van der Waals surface area contributed by atoms with Crippen LogP contribution in [0.2, 0.25) is 0 Å². The molecule has 0 spiro atoms. The molecule has 0 atom stereocenters. The first-order valence-electron chi connectivity index (χ1n) is 8.21. The Morgan fingerprint density at radius 2 is 1.64 bits per heavy atom. The highest BCUT2D eigenvalue weighted by Gasteiger charge is 2.09. The molecular formula is C21H19NO3. The van der Waals surface area contributed by atoms with E-state index < -0.39 is 0 Å². The minimum atomic E-state index is -0.110. The summed E-state index contributed by atoms with van der Waals surface area (Å²) in [6.07, 6.45) is 0.416. The van der Waals surface area contributed by atoms with E-state index >= 15 is 0 Å². The molecule has 4 heteroatoms.